The number of aliphatic carboxylic acids is 1. The quantitative estimate of drug-likeness (QED) is 0.783. The van der Waals surface area contributed by atoms with Gasteiger partial charge in [0.15, 0.2) is 0 Å². The third kappa shape index (κ3) is 2.53. The van der Waals surface area contributed by atoms with Gasteiger partial charge in [-0.15, -0.1) is 0 Å². The molecule has 3 rings (SSSR count). The predicted octanol–water partition coefficient (Wildman–Crippen LogP) is -0.710. The van der Waals surface area contributed by atoms with Gasteiger partial charge in [-0.05, 0) is 23.3 Å². The Balaban J connectivity index is 0.00000161. The Bertz CT molecular complexity index is 645. The molecule has 1 saturated carbocycles. The highest BCUT2D eigenvalue weighted by atomic mass is 35.5. The zero-order chi connectivity index (χ0) is 14.3. The average molecular weight is 324 g/mol. The number of carboxylic acids is 1. The lowest BCUT2D eigenvalue weighted by atomic mass is 10.0. The van der Waals surface area contributed by atoms with Gasteiger partial charge in [0, 0.05) is 5.02 Å². The molecule has 0 aliphatic heterocycles. The number of benzene rings is 2. The summed E-state index contributed by atoms with van der Waals surface area (Å²) >= 11 is 5.89. The zero-order valence-corrected chi connectivity index (χ0v) is 12.7. The molecule has 0 radical (unpaired) electrons. The van der Waals surface area contributed by atoms with E-state index in [1.165, 1.54) is 0 Å². The molecule has 1 fully saturated rings. The Labute approximate surface area is 134 Å². The van der Waals surface area contributed by atoms with Gasteiger partial charge in [-0.1, -0.05) is 54.1 Å². The SMILES string of the molecule is [Cl-].[NH3+][C@@]1(C(=O)O)[C@H](c2ccccc2)[C@H]1c1ccc(Cl)cc1. The molecule has 3 atom stereocenters. The van der Waals surface area contributed by atoms with E-state index in [2.05, 4.69) is 5.73 Å². The second-order valence-electron chi connectivity index (χ2n) is 5.26. The Hall–Kier alpha value is -1.55. The van der Waals surface area contributed by atoms with Crippen LogP contribution in [0.4, 0.5) is 0 Å². The second kappa shape index (κ2) is 5.68. The number of carbonyl (C=O) groups is 1. The van der Waals surface area contributed by atoms with Gasteiger partial charge >= 0.3 is 5.97 Å². The number of rotatable bonds is 3. The summed E-state index contributed by atoms with van der Waals surface area (Å²) in [4.78, 5) is 11.6. The minimum Gasteiger partial charge on any atom is -1.00 e. The molecule has 21 heavy (non-hydrogen) atoms. The van der Waals surface area contributed by atoms with Crippen LogP contribution in [0.25, 0.3) is 0 Å². The summed E-state index contributed by atoms with van der Waals surface area (Å²) < 4.78 is 0. The monoisotopic (exact) mass is 323 g/mol. The number of halogens is 2. The summed E-state index contributed by atoms with van der Waals surface area (Å²) in [6.07, 6.45) is 0. The molecule has 110 valence electrons. The van der Waals surface area contributed by atoms with E-state index in [-0.39, 0.29) is 24.2 Å². The van der Waals surface area contributed by atoms with Crippen LogP contribution in [0.1, 0.15) is 23.0 Å². The summed E-state index contributed by atoms with van der Waals surface area (Å²) in [5, 5.41) is 10.2. The zero-order valence-electron chi connectivity index (χ0n) is 11.2. The molecule has 1 aliphatic carbocycles. The van der Waals surface area contributed by atoms with Crippen LogP contribution in [0.3, 0.4) is 0 Å². The summed E-state index contributed by atoms with van der Waals surface area (Å²) in [5.74, 6) is -1.06. The van der Waals surface area contributed by atoms with Crippen molar-refractivity contribution in [1.29, 1.82) is 0 Å². The second-order valence-corrected chi connectivity index (χ2v) is 5.70. The molecule has 4 N–H and O–H groups in total. The Morgan fingerprint density at radius 3 is 1.95 bits per heavy atom. The highest BCUT2D eigenvalue weighted by Gasteiger charge is 2.73. The van der Waals surface area contributed by atoms with Crippen LogP contribution in [-0.4, -0.2) is 16.6 Å². The minimum absolute atomic E-state index is 0. The van der Waals surface area contributed by atoms with E-state index in [9.17, 15) is 9.90 Å². The number of hydrogen-bond donors (Lipinski definition) is 2. The van der Waals surface area contributed by atoms with E-state index in [1.54, 1.807) is 12.1 Å². The van der Waals surface area contributed by atoms with Gasteiger partial charge in [0.2, 0.25) is 5.54 Å². The average Bonchev–Trinajstić information content (AvgIpc) is 3.09. The predicted molar refractivity (Wildman–Crippen MR) is 76.6 cm³/mol. The maximum absolute atomic E-state index is 11.6. The lowest BCUT2D eigenvalue weighted by Gasteiger charge is -2.02. The first-order valence-corrected chi connectivity index (χ1v) is 6.82. The first kappa shape index (κ1) is 15.8. The van der Waals surface area contributed by atoms with Crippen LogP contribution in [0.2, 0.25) is 5.02 Å². The van der Waals surface area contributed by atoms with Gasteiger partial charge in [-0.3, -0.25) is 0 Å². The molecule has 2 aromatic carbocycles. The molecule has 0 spiro atoms. The standard InChI is InChI=1S/C16H14ClNO2.ClH/c17-12-8-6-11(7-9-12)14-13(16(14,18)15(19)20)10-4-2-1-3-5-10;/h1-9,13-14H,18H2,(H,19,20);1H/t13-,14-,16+;/m1./s1. The van der Waals surface area contributed by atoms with Gasteiger partial charge < -0.3 is 23.2 Å². The van der Waals surface area contributed by atoms with E-state index in [0.29, 0.717) is 5.02 Å². The maximum atomic E-state index is 11.6. The maximum Gasteiger partial charge on any atom is 0.366 e. The van der Waals surface area contributed by atoms with Crippen molar-refractivity contribution >= 4 is 17.6 Å². The van der Waals surface area contributed by atoms with Crippen LogP contribution in [0, 0.1) is 0 Å². The van der Waals surface area contributed by atoms with Gasteiger partial charge in [0.05, 0.1) is 11.8 Å². The molecular weight excluding hydrogens is 309 g/mol. The smallest absolute Gasteiger partial charge is 0.366 e. The molecule has 0 bridgehead atoms. The summed E-state index contributed by atoms with van der Waals surface area (Å²) in [6.45, 7) is 0. The molecule has 1 aliphatic rings. The molecule has 0 heterocycles. The Kier molecular flexibility index (Phi) is 4.28. The lowest BCUT2D eigenvalue weighted by molar-refractivity contribution is -0.428. The van der Waals surface area contributed by atoms with Crippen molar-refractivity contribution < 1.29 is 28.0 Å². The summed E-state index contributed by atoms with van der Waals surface area (Å²) in [5.41, 5.74) is 4.99. The molecule has 5 heteroatoms. The van der Waals surface area contributed by atoms with E-state index < -0.39 is 11.5 Å². The molecule has 2 aromatic rings. The summed E-state index contributed by atoms with van der Waals surface area (Å²) in [7, 11) is 0. The number of carboxylic acid groups (broad SMARTS) is 1. The van der Waals surface area contributed by atoms with Crippen molar-refractivity contribution in [3.63, 3.8) is 0 Å². The van der Waals surface area contributed by atoms with E-state index in [4.69, 9.17) is 11.6 Å². The van der Waals surface area contributed by atoms with Gasteiger partial charge in [-0.2, -0.15) is 0 Å². The molecular formula is C16H15Cl2NO2. The van der Waals surface area contributed by atoms with Crippen LogP contribution in [0.15, 0.2) is 54.6 Å². The van der Waals surface area contributed by atoms with Crippen molar-refractivity contribution in [2.45, 2.75) is 17.4 Å². The third-order valence-electron chi connectivity index (χ3n) is 4.12. The van der Waals surface area contributed by atoms with Crippen molar-refractivity contribution in [1.82, 2.24) is 0 Å². The normalized spacial score (nSPS) is 26.8. The number of quaternary nitrogens is 1. The van der Waals surface area contributed by atoms with E-state index >= 15 is 0 Å². The Morgan fingerprint density at radius 2 is 1.48 bits per heavy atom. The van der Waals surface area contributed by atoms with Gasteiger partial charge in [0.25, 0.3) is 0 Å². The van der Waals surface area contributed by atoms with Crippen molar-refractivity contribution in [2.75, 3.05) is 0 Å². The van der Waals surface area contributed by atoms with Crippen LogP contribution in [-0.2, 0) is 4.79 Å². The fourth-order valence-corrected chi connectivity index (χ4v) is 3.14. The molecule has 0 amide bonds. The molecule has 0 unspecified atom stereocenters. The van der Waals surface area contributed by atoms with Gasteiger partial charge in [0.1, 0.15) is 0 Å². The van der Waals surface area contributed by atoms with Crippen LogP contribution >= 0.6 is 11.6 Å². The minimum atomic E-state index is -0.991. The number of hydrogen-bond acceptors (Lipinski definition) is 1. The highest BCUT2D eigenvalue weighted by molar-refractivity contribution is 6.30. The van der Waals surface area contributed by atoms with Crippen molar-refractivity contribution in [3.05, 3.63) is 70.7 Å². The van der Waals surface area contributed by atoms with Crippen LogP contribution < -0.4 is 18.1 Å². The molecule has 3 nitrogen and oxygen atoms in total. The third-order valence-corrected chi connectivity index (χ3v) is 4.37. The fourth-order valence-electron chi connectivity index (χ4n) is 3.02. The lowest BCUT2D eigenvalue weighted by Crippen LogP contribution is -3.00. The molecule has 0 aromatic heterocycles. The van der Waals surface area contributed by atoms with Crippen LogP contribution in [0.5, 0.6) is 0 Å². The molecule has 0 saturated heterocycles. The highest BCUT2D eigenvalue weighted by Crippen LogP contribution is 2.60. The largest absolute Gasteiger partial charge is 1.00 e. The van der Waals surface area contributed by atoms with E-state index in [0.717, 1.165) is 11.1 Å². The first-order chi connectivity index (χ1) is 9.55. The van der Waals surface area contributed by atoms with E-state index in [1.807, 2.05) is 42.5 Å². The topological polar surface area (TPSA) is 64.9 Å². The Morgan fingerprint density at radius 1 is 1.00 bits per heavy atom. The van der Waals surface area contributed by atoms with Gasteiger partial charge in [-0.25, -0.2) is 4.79 Å². The summed E-state index contributed by atoms with van der Waals surface area (Å²) in [6, 6.07) is 17.1. The van der Waals surface area contributed by atoms with Crippen molar-refractivity contribution in [3.8, 4) is 0 Å². The van der Waals surface area contributed by atoms with Crippen molar-refractivity contribution in [2.24, 2.45) is 0 Å². The first-order valence-electron chi connectivity index (χ1n) is 6.44. The fraction of sp³-hybridized carbons (Fsp3) is 0.188.